The summed E-state index contributed by atoms with van der Waals surface area (Å²) in [6.45, 7) is 7.96. The van der Waals surface area contributed by atoms with Crippen LogP contribution in [0.2, 0.25) is 0 Å². The molecule has 0 saturated heterocycles. The molecule has 5 heteroatoms. The van der Waals surface area contributed by atoms with Gasteiger partial charge in [-0.1, -0.05) is 0 Å². The van der Waals surface area contributed by atoms with Gasteiger partial charge in [-0.05, 0) is 57.0 Å². The van der Waals surface area contributed by atoms with Crippen molar-refractivity contribution in [3.8, 4) is 0 Å². The van der Waals surface area contributed by atoms with E-state index in [0.717, 1.165) is 27.8 Å². The first-order chi connectivity index (χ1) is 10.8. The smallest absolute Gasteiger partial charge is 0.287 e. The Morgan fingerprint density at radius 1 is 1.22 bits per heavy atom. The fraction of sp³-hybridized carbons (Fsp3) is 0.333. The lowest BCUT2D eigenvalue weighted by atomic mass is 10.1. The number of nitrogens with one attached hydrogen (secondary N) is 1. The van der Waals surface area contributed by atoms with E-state index in [4.69, 9.17) is 4.42 Å². The predicted molar refractivity (Wildman–Crippen MR) is 89.5 cm³/mol. The van der Waals surface area contributed by atoms with Gasteiger partial charge in [-0.25, -0.2) is 0 Å². The molecule has 5 nitrogen and oxygen atoms in total. The quantitative estimate of drug-likeness (QED) is 0.804. The first-order valence-electron chi connectivity index (χ1n) is 7.67. The molecule has 0 spiro atoms. The highest BCUT2D eigenvalue weighted by atomic mass is 16.3. The van der Waals surface area contributed by atoms with Crippen molar-refractivity contribution in [2.24, 2.45) is 7.05 Å². The van der Waals surface area contributed by atoms with Gasteiger partial charge in [0, 0.05) is 24.2 Å². The van der Waals surface area contributed by atoms with Crippen molar-refractivity contribution < 1.29 is 9.21 Å². The third kappa shape index (κ3) is 2.86. The molecule has 0 aliphatic rings. The zero-order chi connectivity index (χ0) is 16.7. The van der Waals surface area contributed by atoms with E-state index in [1.165, 1.54) is 5.56 Å². The molecule has 2 heterocycles. The maximum absolute atomic E-state index is 12.5. The molecule has 3 rings (SSSR count). The first kappa shape index (κ1) is 15.3. The van der Waals surface area contributed by atoms with Crippen molar-refractivity contribution >= 4 is 16.9 Å². The van der Waals surface area contributed by atoms with Crippen LogP contribution in [0, 0.1) is 20.8 Å². The topological polar surface area (TPSA) is 60.1 Å². The van der Waals surface area contributed by atoms with E-state index in [1.54, 1.807) is 10.7 Å². The standard InChI is InChI=1S/C18H21N3O2/c1-10-6-14-8-17(23-16(14)7-11(10)2)18(22)19-12(3)15-9-21(5)20-13(15)4/h6-9,12H,1-5H3,(H,19,22)/t12-/m1/s1. The van der Waals surface area contributed by atoms with Gasteiger partial charge >= 0.3 is 0 Å². The van der Waals surface area contributed by atoms with Crippen molar-refractivity contribution in [3.63, 3.8) is 0 Å². The molecule has 0 unspecified atom stereocenters. The molecule has 0 aliphatic heterocycles. The second-order valence-corrected chi connectivity index (χ2v) is 6.12. The number of rotatable bonds is 3. The molecule has 0 fully saturated rings. The molecule has 0 bridgehead atoms. The second kappa shape index (κ2) is 5.57. The van der Waals surface area contributed by atoms with Gasteiger partial charge in [0.15, 0.2) is 5.76 Å². The zero-order valence-electron chi connectivity index (χ0n) is 14.1. The van der Waals surface area contributed by atoms with Crippen molar-refractivity contribution in [1.82, 2.24) is 15.1 Å². The van der Waals surface area contributed by atoms with E-state index in [-0.39, 0.29) is 11.9 Å². The molecule has 23 heavy (non-hydrogen) atoms. The predicted octanol–water partition coefficient (Wildman–Crippen LogP) is 3.58. The summed E-state index contributed by atoms with van der Waals surface area (Å²) in [6, 6.07) is 5.67. The third-order valence-corrected chi connectivity index (χ3v) is 4.22. The highest BCUT2D eigenvalue weighted by Gasteiger charge is 2.18. The summed E-state index contributed by atoms with van der Waals surface area (Å²) in [5, 5.41) is 8.23. The summed E-state index contributed by atoms with van der Waals surface area (Å²) < 4.78 is 7.46. The number of aromatic nitrogens is 2. The van der Waals surface area contributed by atoms with Crippen molar-refractivity contribution in [2.75, 3.05) is 0 Å². The summed E-state index contributed by atoms with van der Waals surface area (Å²) in [6.07, 6.45) is 1.92. The van der Waals surface area contributed by atoms with E-state index in [2.05, 4.69) is 17.3 Å². The van der Waals surface area contributed by atoms with Crippen molar-refractivity contribution in [3.05, 3.63) is 52.5 Å². The van der Waals surface area contributed by atoms with Crippen LogP contribution in [0.4, 0.5) is 0 Å². The summed E-state index contributed by atoms with van der Waals surface area (Å²) >= 11 is 0. The number of carbonyl (C=O) groups excluding carboxylic acids is 1. The number of benzene rings is 1. The van der Waals surface area contributed by atoms with Gasteiger partial charge in [0.25, 0.3) is 5.91 Å². The van der Waals surface area contributed by atoms with Crippen LogP contribution < -0.4 is 5.32 Å². The lowest BCUT2D eigenvalue weighted by Crippen LogP contribution is -2.26. The van der Waals surface area contributed by atoms with Crippen LogP contribution in [0.3, 0.4) is 0 Å². The lowest BCUT2D eigenvalue weighted by Gasteiger charge is -2.11. The zero-order valence-corrected chi connectivity index (χ0v) is 14.1. The van der Waals surface area contributed by atoms with Gasteiger partial charge in [-0.2, -0.15) is 5.10 Å². The van der Waals surface area contributed by atoms with Crippen LogP contribution >= 0.6 is 0 Å². The number of carbonyl (C=O) groups is 1. The normalized spacial score (nSPS) is 12.6. The van der Waals surface area contributed by atoms with Gasteiger partial charge in [0.2, 0.25) is 0 Å². The first-order valence-corrected chi connectivity index (χ1v) is 7.67. The van der Waals surface area contributed by atoms with Crippen LogP contribution in [-0.2, 0) is 7.05 Å². The van der Waals surface area contributed by atoms with Crippen LogP contribution in [0.15, 0.2) is 28.8 Å². The maximum Gasteiger partial charge on any atom is 0.287 e. The Morgan fingerprint density at radius 3 is 2.57 bits per heavy atom. The van der Waals surface area contributed by atoms with Gasteiger partial charge in [-0.15, -0.1) is 0 Å². The van der Waals surface area contributed by atoms with Gasteiger partial charge < -0.3 is 9.73 Å². The van der Waals surface area contributed by atoms with E-state index >= 15 is 0 Å². The van der Waals surface area contributed by atoms with Crippen LogP contribution in [-0.4, -0.2) is 15.7 Å². The molecule has 2 aromatic heterocycles. The molecule has 1 amide bonds. The number of nitrogens with zero attached hydrogens (tertiary/aromatic N) is 2. The van der Waals surface area contributed by atoms with E-state index in [1.807, 2.05) is 46.1 Å². The third-order valence-electron chi connectivity index (χ3n) is 4.22. The molecule has 1 aromatic carbocycles. The fourth-order valence-corrected chi connectivity index (χ4v) is 2.80. The molecular weight excluding hydrogens is 290 g/mol. The highest BCUT2D eigenvalue weighted by Crippen LogP contribution is 2.24. The van der Waals surface area contributed by atoms with Crippen LogP contribution in [0.25, 0.3) is 11.0 Å². The number of fused-ring (bicyclic) bond motifs is 1. The summed E-state index contributed by atoms with van der Waals surface area (Å²) in [5.41, 5.74) is 4.99. The summed E-state index contributed by atoms with van der Waals surface area (Å²) in [7, 11) is 1.87. The molecule has 3 aromatic rings. The molecule has 120 valence electrons. The van der Waals surface area contributed by atoms with Gasteiger partial charge in [-0.3, -0.25) is 9.48 Å². The van der Waals surface area contributed by atoms with Crippen LogP contribution in [0.5, 0.6) is 0 Å². The van der Waals surface area contributed by atoms with Gasteiger partial charge in [0.1, 0.15) is 5.58 Å². The minimum absolute atomic E-state index is 0.132. The molecule has 1 atom stereocenters. The monoisotopic (exact) mass is 311 g/mol. The Kier molecular flexibility index (Phi) is 3.72. The maximum atomic E-state index is 12.5. The van der Waals surface area contributed by atoms with E-state index in [9.17, 15) is 4.79 Å². The molecule has 0 radical (unpaired) electrons. The number of aryl methyl sites for hydroxylation is 4. The number of hydrogen-bond donors (Lipinski definition) is 1. The molecule has 1 N–H and O–H groups in total. The second-order valence-electron chi connectivity index (χ2n) is 6.12. The van der Waals surface area contributed by atoms with Crippen molar-refractivity contribution in [1.29, 1.82) is 0 Å². The molecular formula is C18H21N3O2. The average molecular weight is 311 g/mol. The Labute approximate surface area is 135 Å². The minimum atomic E-state index is -0.216. The Hall–Kier alpha value is -2.56. The number of furan rings is 1. The Balaban J connectivity index is 1.84. The fourth-order valence-electron chi connectivity index (χ4n) is 2.80. The molecule has 0 aliphatic carbocycles. The Morgan fingerprint density at radius 2 is 1.91 bits per heavy atom. The summed E-state index contributed by atoms with van der Waals surface area (Å²) in [4.78, 5) is 12.5. The largest absolute Gasteiger partial charge is 0.451 e. The van der Waals surface area contributed by atoms with Crippen molar-refractivity contribution in [2.45, 2.75) is 33.7 Å². The lowest BCUT2D eigenvalue weighted by molar-refractivity contribution is 0.0914. The number of amides is 1. The highest BCUT2D eigenvalue weighted by molar-refractivity contribution is 5.96. The number of hydrogen-bond acceptors (Lipinski definition) is 3. The Bertz CT molecular complexity index is 850. The van der Waals surface area contributed by atoms with E-state index < -0.39 is 0 Å². The summed E-state index contributed by atoms with van der Waals surface area (Å²) in [5.74, 6) is 0.116. The minimum Gasteiger partial charge on any atom is -0.451 e. The van der Waals surface area contributed by atoms with Crippen LogP contribution in [0.1, 0.15) is 45.9 Å². The van der Waals surface area contributed by atoms with Gasteiger partial charge in [0.05, 0.1) is 11.7 Å². The SMILES string of the molecule is Cc1cc2cc(C(=O)N[C@H](C)c3cn(C)nc3C)oc2cc1C. The molecule has 0 saturated carbocycles. The van der Waals surface area contributed by atoms with E-state index in [0.29, 0.717) is 5.76 Å². The average Bonchev–Trinajstić information content (AvgIpc) is 3.02.